The Labute approximate surface area is 137 Å². The molecule has 0 amide bonds. The SMILES string of the molecule is Cc1ccc(-n2c(C)nnc2SCc2cc(F)ccc2F)cc1. The summed E-state index contributed by atoms with van der Waals surface area (Å²) < 4.78 is 28.9. The van der Waals surface area contributed by atoms with Crippen LogP contribution in [0.1, 0.15) is 17.0 Å². The Balaban J connectivity index is 1.87. The van der Waals surface area contributed by atoms with E-state index in [2.05, 4.69) is 10.2 Å². The van der Waals surface area contributed by atoms with Crippen LogP contribution in [0, 0.1) is 25.5 Å². The van der Waals surface area contributed by atoms with Crippen molar-refractivity contribution in [2.24, 2.45) is 0 Å². The maximum atomic E-state index is 13.7. The van der Waals surface area contributed by atoms with E-state index in [0.717, 1.165) is 29.2 Å². The zero-order valence-corrected chi connectivity index (χ0v) is 13.6. The van der Waals surface area contributed by atoms with Crippen molar-refractivity contribution in [2.45, 2.75) is 24.8 Å². The molecule has 0 unspecified atom stereocenters. The van der Waals surface area contributed by atoms with Gasteiger partial charge in [0.1, 0.15) is 17.5 Å². The van der Waals surface area contributed by atoms with E-state index in [1.807, 2.05) is 42.7 Å². The van der Waals surface area contributed by atoms with Crippen LogP contribution in [0.3, 0.4) is 0 Å². The monoisotopic (exact) mass is 331 g/mol. The van der Waals surface area contributed by atoms with Crippen LogP contribution in [0.15, 0.2) is 47.6 Å². The molecule has 0 bridgehead atoms. The Morgan fingerprint density at radius 3 is 2.48 bits per heavy atom. The van der Waals surface area contributed by atoms with Gasteiger partial charge in [0.2, 0.25) is 0 Å². The molecule has 23 heavy (non-hydrogen) atoms. The molecule has 1 aromatic heterocycles. The maximum Gasteiger partial charge on any atom is 0.196 e. The van der Waals surface area contributed by atoms with Crippen LogP contribution in [0.4, 0.5) is 8.78 Å². The van der Waals surface area contributed by atoms with E-state index in [1.165, 1.54) is 17.8 Å². The van der Waals surface area contributed by atoms with Gasteiger partial charge in [0, 0.05) is 17.0 Å². The molecule has 118 valence electrons. The fourth-order valence-corrected chi connectivity index (χ4v) is 3.19. The molecule has 0 saturated heterocycles. The van der Waals surface area contributed by atoms with E-state index in [1.54, 1.807) is 0 Å². The van der Waals surface area contributed by atoms with Gasteiger partial charge in [-0.25, -0.2) is 8.78 Å². The van der Waals surface area contributed by atoms with Crippen LogP contribution in [0.5, 0.6) is 0 Å². The molecular formula is C17H15F2N3S. The highest BCUT2D eigenvalue weighted by molar-refractivity contribution is 7.98. The molecule has 0 aliphatic heterocycles. The number of aromatic nitrogens is 3. The summed E-state index contributed by atoms with van der Waals surface area (Å²) in [5.74, 6) is 0.166. The Kier molecular flexibility index (Phi) is 4.43. The van der Waals surface area contributed by atoms with Crippen molar-refractivity contribution in [3.8, 4) is 5.69 Å². The molecule has 0 aliphatic carbocycles. The van der Waals surface area contributed by atoms with Gasteiger partial charge in [0.25, 0.3) is 0 Å². The first-order chi connectivity index (χ1) is 11.0. The van der Waals surface area contributed by atoms with Crippen LogP contribution >= 0.6 is 11.8 Å². The quantitative estimate of drug-likeness (QED) is 0.662. The molecule has 0 N–H and O–H groups in total. The van der Waals surface area contributed by atoms with Crippen molar-refractivity contribution in [1.29, 1.82) is 0 Å². The van der Waals surface area contributed by atoms with Gasteiger partial charge in [-0.2, -0.15) is 0 Å². The Hall–Kier alpha value is -2.21. The minimum absolute atomic E-state index is 0.285. The lowest BCUT2D eigenvalue weighted by atomic mass is 10.2. The summed E-state index contributed by atoms with van der Waals surface area (Å²) in [6, 6.07) is 11.5. The number of hydrogen-bond donors (Lipinski definition) is 0. The van der Waals surface area contributed by atoms with E-state index < -0.39 is 11.6 Å². The lowest BCUT2D eigenvalue weighted by molar-refractivity contribution is 0.591. The number of benzene rings is 2. The predicted molar refractivity (Wildman–Crippen MR) is 86.8 cm³/mol. The average Bonchev–Trinajstić information content (AvgIpc) is 2.90. The van der Waals surface area contributed by atoms with Crippen LogP contribution in [-0.2, 0) is 5.75 Å². The van der Waals surface area contributed by atoms with E-state index in [4.69, 9.17) is 0 Å². The summed E-state index contributed by atoms with van der Waals surface area (Å²) >= 11 is 1.33. The van der Waals surface area contributed by atoms with Crippen molar-refractivity contribution >= 4 is 11.8 Å². The Morgan fingerprint density at radius 2 is 1.74 bits per heavy atom. The molecule has 0 radical (unpaired) electrons. The molecule has 3 nitrogen and oxygen atoms in total. The van der Waals surface area contributed by atoms with Gasteiger partial charge in [-0.3, -0.25) is 4.57 Å². The van der Waals surface area contributed by atoms with Crippen molar-refractivity contribution < 1.29 is 8.78 Å². The number of hydrogen-bond acceptors (Lipinski definition) is 3. The lowest BCUT2D eigenvalue weighted by Gasteiger charge is -2.09. The molecule has 2 aromatic carbocycles. The number of nitrogens with zero attached hydrogens (tertiary/aromatic N) is 3. The van der Waals surface area contributed by atoms with Crippen molar-refractivity contribution in [1.82, 2.24) is 14.8 Å². The molecule has 3 rings (SSSR count). The van der Waals surface area contributed by atoms with Gasteiger partial charge < -0.3 is 0 Å². The zero-order chi connectivity index (χ0) is 16.4. The summed E-state index contributed by atoms with van der Waals surface area (Å²) in [5.41, 5.74) is 2.42. The van der Waals surface area contributed by atoms with E-state index in [-0.39, 0.29) is 5.75 Å². The van der Waals surface area contributed by atoms with Crippen molar-refractivity contribution in [2.75, 3.05) is 0 Å². The maximum absolute atomic E-state index is 13.7. The number of thioether (sulfide) groups is 1. The molecule has 0 saturated carbocycles. The molecule has 0 atom stereocenters. The Morgan fingerprint density at radius 1 is 1.00 bits per heavy atom. The first-order valence-electron chi connectivity index (χ1n) is 7.10. The summed E-state index contributed by atoms with van der Waals surface area (Å²) in [6.45, 7) is 3.88. The molecule has 6 heteroatoms. The van der Waals surface area contributed by atoms with E-state index in [9.17, 15) is 8.78 Å². The van der Waals surface area contributed by atoms with Gasteiger partial charge >= 0.3 is 0 Å². The second kappa shape index (κ2) is 6.50. The normalized spacial score (nSPS) is 11.0. The van der Waals surface area contributed by atoms with Gasteiger partial charge in [-0.1, -0.05) is 29.5 Å². The third kappa shape index (κ3) is 3.42. The van der Waals surface area contributed by atoms with Crippen molar-refractivity contribution in [3.63, 3.8) is 0 Å². The van der Waals surface area contributed by atoms with Crippen LogP contribution in [0.2, 0.25) is 0 Å². The van der Waals surface area contributed by atoms with Crippen LogP contribution < -0.4 is 0 Å². The highest BCUT2D eigenvalue weighted by Crippen LogP contribution is 2.26. The predicted octanol–water partition coefficient (Wildman–Crippen LogP) is 4.45. The molecule has 0 fully saturated rings. The highest BCUT2D eigenvalue weighted by atomic mass is 32.2. The van der Waals surface area contributed by atoms with E-state index >= 15 is 0 Å². The van der Waals surface area contributed by atoms with Gasteiger partial charge in [0.15, 0.2) is 5.16 Å². The second-order valence-corrected chi connectivity index (χ2v) is 6.17. The largest absolute Gasteiger partial charge is 0.274 e. The highest BCUT2D eigenvalue weighted by Gasteiger charge is 2.13. The van der Waals surface area contributed by atoms with Gasteiger partial charge in [-0.05, 0) is 44.2 Å². The van der Waals surface area contributed by atoms with Gasteiger partial charge in [-0.15, -0.1) is 10.2 Å². The number of rotatable bonds is 4. The number of aryl methyl sites for hydroxylation is 2. The smallest absolute Gasteiger partial charge is 0.196 e. The molecule has 1 heterocycles. The van der Waals surface area contributed by atoms with Gasteiger partial charge in [0.05, 0.1) is 0 Å². The lowest BCUT2D eigenvalue weighted by Crippen LogP contribution is -1.99. The first kappa shape index (κ1) is 15.7. The molecule has 0 aliphatic rings. The third-order valence-electron chi connectivity index (χ3n) is 3.45. The van der Waals surface area contributed by atoms with Crippen LogP contribution in [-0.4, -0.2) is 14.8 Å². The standard InChI is InChI=1S/C17H15F2N3S/c1-11-3-6-15(7-4-11)22-12(2)20-21-17(22)23-10-13-9-14(18)5-8-16(13)19/h3-9H,10H2,1-2H3. The fraction of sp³-hybridized carbons (Fsp3) is 0.176. The van der Waals surface area contributed by atoms with Crippen molar-refractivity contribution in [3.05, 3.63) is 71.1 Å². The zero-order valence-electron chi connectivity index (χ0n) is 12.8. The topological polar surface area (TPSA) is 30.7 Å². The van der Waals surface area contributed by atoms with E-state index in [0.29, 0.717) is 10.7 Å². The average molecular weight is 331 g/mol. The first-order valence-corrected chi connectivity index (χ1v) is 8.09. The molecule has 3 aromatic rings. The fourth-order valence-electron chi connectivity index (χ4n) is 2.22. The summed E-state index contributed by atoms with van der Waals surface area (Å²) in [5, 5.41) is 8.88. The Bertz CT molecular complexity index is 828. The molecule has 0 spiro atoms. The third-order valence-corrected chi connectivity index (χ3v) is 4.43. The molecular weight excluding hydrogens is 316 g/mol. The second-order valence-electron chi connectivity index (χ2n) is 5.23. The minimum atomic E-state index is -0.446. The van der Waals surface area contributed by atoms with Crippen LogP contribution in [0.25, 0.3) is 5.69 Å². The summed E-state index contributed by atoms with van der Waals surface area (Å²) in [6.07, 6.45) is 0. The minimum Gasteiger partial charge on any atom is -0.274 e. The summed E-state index contributed by atoms with van der Waals surface area (Å²) in [4.78, 5) is 0. The summed E-state index contributed by atoms with van der Waals surface area (Å²) in [7, 11) is 0. The number of halogens is 2.